The summed E-state index contributed by atoms with van der Waals surface area (Å²) < 4.78 is 24.4. The van der Waals surface area contributed by atoms with Crippen LogP contribution in [0.4, 0.5) is 0 Å². The van der Waals surface area contributed by atoms with Crippen LogP contribution in [-0.4, -0.2) is 69.6 Å². The number of hydrogen-bond acceptors (Lipinski definition) is 4. The van der Waals surface area contributed by atoms with Gasteiger partial charge in [0.1, 0.15) is 0 Å². The molecule has 8 heteroatoms. The number of rotatable bonds is 6. The topological polar surface area (TPSA) is 69.7 Å². The zero-order valence-electron chi connectivity index (χ0n) is 10.9. The van der Waals surface area contributed by atoms with Crippen molar-refractivity contribution in [2.45, 2.75) is 12.8 Å². The van der Waals surface area contributed by atoms with Gasteiger partial charge in [-0.15, -0.1) is 12.4 Å². The third-order valence-corrected chi connectivity index (χ3v) is 4.86. The second kappa shape index (κ2) is 7.93. The van der Waals surface area contributed by atoms with E-state index in [1.54, 1.807) is 11.9 Å². The van der Waals surface area contributed by atoms with Crippen LogP contribution in [0, 0.1) is 0 Å². The van der Waals surface area contributed by atoms with Crippen molar-refractivity contribution in [2.24, 2.45) is 0 Å². The molecule has 1 heterocycles. The van der Waals surface area contributed by atoms with Gasteiger partial charge in [0.05, 0.1) is 5.75 Å². The molecule has 0 aliphatic carbocycles. The number of amides is 1. The van der Waals surface area contributed by atoms with E-state index in [0.717, 1.165) is 6.54 Å². The van der Waals surface area contributed by atoms with Crippen LogP contribution in [0.1, 0.15) is 12.8 Å². The van der Waals surface area contributed by atoms with E-state index in [-0.39, 0.29) is 30.5 Å². The minimum absolute atomic E-state index is 0. The lowest BCUT2D eigenvalue weighted by Gasteiger charge is -2.19. The zero-order valence-corrected chi connectivity index (χ0v) is 12.5. The Morgan fingerprint density at radius 1 is 1.44 bits per heavy atom. The van der Waals surface area contributed by atoms with Crippen LogP contribution in [0.5, 0.6) is 0 Å². The summed E-state index contributed by atoms with van der Waals surface area (Å²) in [7, 11) is 0.488. The molecular weight excluding hydrogens is 278 g/mol. The van der Waals surface area contributed by atoms with Gasteiger partial charge in [0.15, 0.2) is 0 Å². The van der Waals surface area contributed by atoms with Crippen molar-refractivity contribution >= 4 is 28.3 Å². The Bertz CT molecular complexity index is 361. The first-order valence-electron chi connectivity index (χ1n) is 5.84. The van der Waals surface area contributed by atoms with Crippen LogP contribution in [0.25, 0.3) is 0 Å². The van der Waals surface area contributed by atoms with Gasteiger partial charge in [-0.1, -0.05) is 0 Å². The van der Waals surface area contributed by atoms with Crippen molar-refractivity contribution in [2.75, 3.05) is 46.0 Å². The Hall–Kier alpha value is -0.370. The number of halogens is 1. The highest BCUT2D eigenvalue weighted by Crippen LogP contribution is 2.13. The number of carbonyl (C=O) groups excluding carboxylic acids is 1. The maximum atomic E-state index is 11.7. The summed E-state index contributed by atoms with van der Waals surface area (Å²) in [5.74, 6) is 0.207. The molecule has 0 bridgehead atoms. The third-order valence-electron chi connectivity index (χ3n) is 2.90. The first-order chi connectivity index (χ1) is 7.97. The van der Waals surface area contributed by atoms with E-state index in [0.29, 0.717) is 26.1 Å². The summed E-state index contributed by atoms with van der Waals surface area (Å²) in [5, 5.41) is 2.96. The monoisotopic (exact) mass is 299 g/mol. The van der Waals surface area contributed by atoms with Gasteiger partial charge in [0, 0.05) is 39.6 Å². The lowest BCUT2D eigenvalue weighted by Crippen LogP contribution is -2.36. The van der Waals surface area contributed by atoms with Crippen LogP contribution in [0.2, 0.25) is 0 Å². The predicted molar refractivity (Wildman–Crippen MR) is 73.4 cm³/mol. The lowest BCUT2D eigenvalue weighted by atomic mass is 10.3. The molecule has 1 amide bonds. The molecule has 0 aromatic carbocycles. The molecule has 0 spiro atoms. The lowest BCUT2D eigenvalue weighted by molar-refractivity contribution is -0.129. The van der Waals surface area contributed by atoms with Crippen LogP contribution in [0.3, 0.4) is 0 Å². The normalized spacial score (nSPS) is 18.3. The minimum atomic E-state index is -3.08. The fourth-order valence-corrected chi connectivity index (χ4v) is 3.29. The fourth-order valence-electron chi connectivity index (χ4n) is 1.76. The van der Waals surface area contributed by atoms with Crippen molar-refractivity contribution in [3.63, 3.8) is 0 Å². The number of nitrogens with zero attached hydrogens (tertiary/aromatic N) is 2. The number of hydrogen-bond donors (Lipinski definition) is 1. The number of sulfonamides is 1. The molecule has 0 atom stereocenters. The van der Waals surface area contributed by atoms with Gasteiger partial charge in [0.2, 0.25) is 15.9 Å². The quantitative estimate of drug-likeness (QED) is 0.719. The van der Waals surface area contributed by atoms with Gasteiger partial charge in [-0.25, -0.2) is 12.7 Å². The molecule has 0 radical (unpaired) electrons. The van der Waals surface area contributed by atoms with Gasteiger partial charge in [0.25, 0.3) is 0 Å². The van der Waals surface area contributed by atoms with Gasteiger partial charge < -0.3 is 10.2 Å². The van der Waals surface area contributed by atoms with Crippen molar-refractivity contribution in [3.05, 3.63) is 0 Å². The SMILES string of the molecule is CNCCN(C)C(=O)CCN1CCCS1(=O)=O.Cl. The smallest absolute Gasteiger partial charge is 0.223 e. The summed E-state index contributed by atoms with van der Waals surface area (Å²) >= 11 is 0. The van der Waals surface area contributed by atoms with Crippen LogP contribution >= 0.6 is 12.4 Å². The van der Waals surface area contributed by atoms with Crippen molar-refractivity contribution in [1.29, 1.82) is 0 Å². The van der Waals surface area contributed by atoms with Crippen molar-refractivity contribution in [3.8, 4) is 0 Å². The van der Waals surface area contributed by atoms with Crippen LogP contribution in [-0.2, 0) is 14.8 Å². The third kappa shape index (κ3) is 5.09. The standard InChI is InChI=1S/C10H21N3O3S.ClH/c1-11-5-8-12(2)10(14)4-7-13-6-3-9-17(13,15)16;/h11H,3-9H2,1-2H3;1H. The molecule has 18 heavy (non-hydrogen) atoms. The van der Waals surface area contributed by atoms with Gasteiger partial charge in [-0.2, -0.15) is 0 Å². The highest BCUT2D eigenvalue weighted by molar-refractivity contribution is 7.89. The summed E-state index contributed by atoms with van der Waals surface area (Å²) in [4.78, 5) is 13.3. The molecule has 1 rings (SSSR count). The van der Waals surface area contributed by atoms with Crippen LogP contribution in [0.15, 0.2) is 0 Å². The Labute approximate surface area is 115 Å². The fraction of sp³-hybridized carbons (Fsp3) is 0.900. The molecule has 1 N–H and O–H groups in total. The Kier molecular flexibility index (Phi) is 7.77. The maximum Gasteiger partial charge on any atom is 0.223 e. The van der Waals surface area contributed by atoms with E-state index in [2.05, 4.69) is 5.32 Å². The number of nitrogens with one attached hydrogen (secondary N) is 1. The minimum Gasteiger partial charge on any atom is -0.344 e. The average Bonchev–Trinajstić information content (AvgIpc) is 2.62. The predicted octanol–water partition coefficient (Wildman–Crippen LogP) is -0.488. The molecule has 0 aromatic rings. The molecule has 108 valence electrons. The second-order valence-electron chi connectivity index (χ2n) is 4.24. The average molecular weight is 300 g/mol. The van der Waals surface area contributed by atoms with Gasteiger partial charge in [-0.3, -0.25) is 4.79 Å². The van der Waals surface area contributed by atoms with E-state index in [1.165, 1.54) is 4.31 Å². The van der Waals surface area contributed by atoms with E-state index in [4.69, 9.17) is 0 Å². The summed E-state index contributed by atoms with van der Waals surface area (Å²) in [6.07, 6.45) is 0.936. The number of carbonyl (C=O) groups is 1. The Morgan fingerprint density at radius 2 is 2.11 bits per heavy atom. The van der Waals surface area contributed by atoms with E-state index in [1.807, 2.05) is 7.05 Å². The summed E-state index contributed by atoms with van der Waals surface area (Å²) in [5.41, 5.74) is 0. The van der Waals surface area contributed by atoms with Crippen molar-refractivity contribution in [1.82, 2.24) is 14.5 Å². The molecular formula is C10H22ClN3O3S. The molecule has 0 unspecified atom stereocenters. The highest BCUT2D eigenvalue weighted by atomic mass is 35.5. The largest absolute Gasteiger partial charge is 0.344 e. The highest BCUT2D eigenvalue weighted by Gasteiger charge is 2.28. The molecule has 1 aliphatic heterocycles. The molecule has 1 saturated heterocycles. The molecule has 1 aliphatic rings. The Morgan fingerprint density at radius 3 is 2.61 bits per heavy atom. The molecule has 1 fully saturated rings. The summed E-state index contributed by atoms with van der Waals surface area (Å²) in [6, 6.07) is 0. The van der Waals surface area contributed by atoms with Crippen LogP contribution < -0.4 is 5.32 Å². The van der Waals surface area contributed by atoms with E-state index >= 15 is 0 Å². The molecule has 0 aromatic heterocycles. The van der Waals surface area contributed by atoms with E-state index < -0.39 is 10.0 Å². The maximum absolute atomic E-state index is 11.7. The van der Waals surface area contributed by atoms with Crippen molar-refractivity contribution < 1.29 is 13.2 Å². The molecule has 0 saturated carbocycles. The van der Waals surface area contributed by atoms with Gasteiger partial charge in [-0.05, 0) is 13.5 Å². The first kappa shape index (κ1) is 17.6. The Balaban J connectivity index is 0.00000289. The zero-order chi connectivity index (χ0) is 12.9. The van der Waals surface area contributed by atoms with Gasteiger partial charge >= 0.3 is 0 Å². The summed E-state index contributed by atoms with van der Waals surface area (Å²) in [6.45, 7) is 2.24. The second-order valence-corrected chi connectivity index (χ2v) is 6.33. The first-order valence-corrected chi connectivity index (χ1v) is 7.44. The number of likely N-dealkylation sites (N-methyl/N-ethyl adjacent to an activating group) is 2. The van der Waals surface area contributed by atoms with E-state index in [9.17, 15) is 13.2 Å². The molecule has 6 nitrogen and oxygen atoms in total.